The van der Waals surface area contributed by atoms with E-state index in [4.69, 9.17) is 9.47 Å². The fourth-order valence-corrected chi connectivity index (χ4v) is 2.02. The average molecular weight is 250 g/mol. The van der Waals surface area contributed by atoms with Gasteiger partial charge in [0.1, 0.15) is 0 Å². The van der Waals surface area contributed by atoms with E-state index in [0.29, 0.717) is 13.0 Å². The van der Waals surface area contributed by atoms with Gasteiger partial charge in [-0.3, -0.25) is 0 Å². The van der Waals surface area contributed by atoms with Crippen LogP contribution < -0.4 is 0 Å². The lowest BCUT2D eigenvalue weighted by atomic mass is 10.1. The lowest BCUT2D eigenvalue weighted by Crippen LogP contribution is -2.34. The van der Waals surface area contributed by atoms with Crippen LogP contribution in [0.3, 0.4) is 0 Å². The van der Waals surface area contributed by atoms with Gasteiger partial charge in [0.15, 0.2) is 12.4 Å². The molecule has 18 heavy (non-hydrogen) atoms. The van der Waals surface area contributed by atoms with Crippen molar-refractivity contribution in [3.05, 3.63) is 35.9 Å². The zero-order valence-electron chi connectivity index (χ0n) is 10.2. The molecule has 2 unspecified atom stereocenters. The molecule has 0 amide bonds. The molecule has 0 spiro atoms. The Morgan fingerprint density at radius 2 is 2.17 bits per heavy atom. The van der Waals surface area contributed by atoms with Crippen LogP contribution in [0.5, 0.6) is 0 Å². The number of ether oxygens (including phenoxy) is 2. The first-order chi connectivity index (χ1) is 8.75. The third-order valence-electron chi connectivity index (χ3n) is 2.99. The maximum absolute atomic E-state index is 11.2. The summed E-state index contributed by atoms with van der Waals surface area (Å²) in [7, 11) is 0. The maximum Gasteiger partial charge on any atom is 0.333 e. The molecule has 2 atom stereocenters. The molecule has 1 fully saturated rings. The lowest BCUT2D eigenvalue weighted by molar-refractivity contribution is -0.200. The fourth-order valence-electron chi connectivity index (χ4n) is 2.02. The number of benzene rings is 1. The number of rotatable bonds is 5. The van der Waals surface area contributed by atoms with Crippen LogP contribution in [0.15, 0.2) is 30.3 Å². The summed E-state index contributed by atoms with van der Waals surface area (Å²) in [5.41, 5.74) is 0.959. The highest BCUT2D eigenvalue weighted by molar-refractivity contribution is 5.72. The van der Waals surface area contributed by atoms with E-state index in [9.17, 15) is 9.90 Å². The van der Waals surface area contributed by atoms with Gasteiger partial charge >= 0.3 is 5.97 Å². The van der Waals surface area contributed by atoms with Crippen molar-refractivity contribution in [3.8, 4) is 0 Å². The van der Waals surface area contributed by atoms with Crippen molar-refractivity contribution in [1.82, 2.24) is 0 Å². The second kappa shape index (κ2) is 6.52. The molecule has 1 heterocycles. The minimum absolute atomic E-state index is 0.371. The van der Waals surface area contributed by atoms with Gasteiger partial charge in [0.05, 0.1) is 0 Å². The third-order valence-corrected chi connectivity index (χ3v) is 2.99. The normalized spacial score (nSPS) is 21.4. The summed E-state index contributed by atoms with van der Waals surface area (Å²) in [4.78, 5) is 11.2. The van der Waals surface area contributed by atoms with E-state index >= 15 is 0 Å². The van der Waals surface area contributed by atoms with Crippen molar-refractivity contribution in [1.29, 1.82) is 0 Å². The van der Waals surface area contributed by atoms with Crippen LogP contribution in [0.1, 0.15) is 24.8 Å². The van der Waals surface area contributed by atoms with Crippen LogP contribution in [-0.4, -0.2) is 30.1 Å². The van der Waals surface area contributed by atoms with E-state index in [1.165, 1.54) is 0 Å². The molecule has 0 aliphatic carbocycles. The zero-order chi connectivity index (χ0) is 12.8. The Hall–Kier alpha value is -1.39. The summed E-state index contributed by atoms with van der Waals surface area (Å²) in [6.45, 7) is 0.655. The van der Waals surface area contributed by atoms with Crippen LogP contribution in [0.25, 0.3) is 0 Å². The standard InChI is InChI=1S/C14H18O4/c15-14(16)12(10-11-6-2-1-3-7-11)18-13-8-4-5-9-17-13/h1-3,6-7,12-13H,4-5,8-10H2,(H,15,16). The molecule has 1 aliphatic heterocycles. The first-order valence-electron chi connectivity index (χ1n) is 6.29. The van der Waals surface area contributed by atoms with Gasteiger partial charge < -0.3 is 14.6 Å². The Morgan fingerprint density at radius 3 is 2.78 bits per heavy atom. The minimum Gasteiger partial charge on any atom is -0.479 e. The Bertz CT molecular complexity index is 371. The van der Waals surface area contributed by atoms with Crippen molar-refractivity contribution < 1.29 is 19.4 Å². The molecule has 4 heteroatoms. The highest BCUT2D eigenvalue weighted by atomic mass is 16.7. The van der Waals surface area contributed by atoms with Gasteiger partial charge in [-0.05, 0) is 24.8 Å². The molecule has 0 aromatic heterocycles. The molecule has 1 aromatic carbocycles. The van der Waals surface area contributed by atoms with Gasteiger partial charge in [-0.2, -0.15) is 0 Å². The second-order valence-electron chi connectivity index (χ2n) is 4.45. The summed E-state index contributed by atoms with van der Waals surface area (Å²) >= 11 is 0. The molecule has 0 bridgehead atoms. The highest BCUT2D eigenvalue weighted by Gasteiger charge is 2.25. The van der Waals surface area contributed by atoms with Crippen molar-refractivity contribution in [3.63, 3.8) is 0 Å². The van der Waals surface area contributed by atoms with E-state index in [0.717, 1.165) is 24.8 Å². The van der Waals surface area contributed by atoms with Crippen LogP contribution in [0.2, 0.25) is 0 Å². The van der Waals surface area contributed by atoms with Crippen LogP contribution in [-0.2, 0) is 20.7 Å². The molecule has 1 saturated heterocycles. The molecule has 0 radical (unpaired) electrons. The number of carbonyl (C=O) groups is 1. The molecule has 4 nitrogen and oxygen atoms in total. The van der Waals surface area contributed by atoms with Crippen molar-refractivity contribution in [2.75, 3.05) is 6.61 Å². The topological polar surface area (TPSA) is 55.8 Å². The highest BCUT2D eigenvalue weighted by Crippen LogP contribution is 2.17. The predicted molar refractivity (Wildman–Crippen MR) is 66.2 cm³/mol. The molecule has 1 aliphatic rings. The first-order valence-corrected chi connectivity index (χ1v) is 6.29. The fraction of sp³-hybridized carbons (Fsp3) is 0.500. The third kappa shape index (κ3) is 3.82. The number of aliphatic carboxylic acids is 1. The molecule has 1 aromatic rings. The SMILES string of the molecule is O=C(O)C(Cc1ccccc1)OC1CCCCO1. The van der Waals surface area contributed by atoms with E-state index in [1.54, 1.807) is 0 Å². The minimum atomic E-state index is -0.937. The molecule has 98 valence electrons. The summed E-state index contributed by atoms with van der Waals surface area (Å²) < 4.78 is 10.9. The van der Waals surface area contributed by atoms with Crippen LogP contribution in [0.4, 0.5) is 0 Å². The smallest absolute Gasteiger partial charge is 0.333 e. The molecular weight excluding hydrogens is 232 g/mol. The summed E-state index contributed by atoms with van der Waals surface area (Å²) in [6.07, 6.45) is 1.99. The molecule has 2 rings (SSSR count). The van der Waals surface area contributed by atoms with E-state index < -0.39 is 12.1 Å². The van der Waals surface area contributed by atoms with E-state index in [-0.39, 0.29) is 6.29 Å². The number of hydrogen-bond acceptors (Lipinski definition) is 3. The van der Waals surface area contributed by atoms with Gasteiger partial charge in [0, 0.05) is 13.0 Å². The van der Waals surface area contributed by atoms with Crippen molar-refractivity contribution in [2.24, 2.45) is 0 Å². The first kappa shape index (κ1) is 13.1. The lowest BCUT2D eigenvalue weighted by Gasteiger charge is -2.26. The van der Waals surface area contributed by atoms with Gasteiger partial charge in [0.25, 0.3) is 0 Å². The Labute approximate surface area is 107 Å². The Balaban J connectivity index is 1.93. The zero-order valence-corrected chi connectivity index (χ0v) is 10.2. The number of carboxylic acid groups (broad SMARTS) is 1. The Morgan fingerprint density at radius 1 is 1.39 bits per heavy atom. The van der Waals surface area contributed by atoms with E-state index in [1.807, 2.05) is 30.3 Å². The monoisotopic (exact) mass is 250 g/mol. The predicted octanol–water partition coefficient (Wildman–Crippen LogP) is 2.23. The van der Waals surface area contributed by atoms with E-state index in [2.05, 4.69) is 0 Å². The molecule has 0 saturated carbocycles. The number of hydrogen-bond donors (Lipinski definition) is 1. The Kier molecular flexibility index (Phi) is 4.73. The number of carboxylic acids is 1. The van der Waals surface area contributed by atoms with Gasteiger partial charge in [-0.1, -0.05) is 30.3 Å². The summed E-state index contributed by atoms with van der Waals surface area (Å²) in [5, 5.41) is 9.18. The van der Waals surface area contributed by atoms with Gasteiger partial charge in [0.2, 0.25) is 0 Å². The summed E-state index contributed by atoms with van der Waals surface area (Å²) in [5.74, 6) is -0.937. The molecular formula is C14H18O4. The maximum atomic E-state index is 11.2. The van der Waals surface area contributed by atoms with Gasteiger partial charge in [-0.25, -0.2) is 4.79 Å². The van der Waals surface area contributed by atoms with Crippen molar-refractivity contribution in [2.45, 2.75) is 38.1 Å². The largest absolute Gasteiger partial charge is 0.479 e. The quantitative estimate of drug-likeness (QED) is 0.870. The van der Waals surface area contributed by atoms with Gasteiger partial charge in [-0.15, -0.1) is 0 Å². The average Bonchev–Trinajstić information content (AvgIpc) is 2.40. The molecule has 1 N–H and O–H groups in total. The van der Waals surface area contributed by atoms with Crippen molar-refractivity contribution >= 4 is 5.97 Å². The van der Waals surface area contributed by atoms with Crippen LogP contribution in [0, 0.1) is 0 Å². The summed E-state index contributed by atoms with van der Waals surface area (Å²) in [6, 6.07) is 9.50. The second-order valence-corrected chi connectivity index (χ2v) is 4.45. The van der Waals surface area contributed by atoms with Crippen LogP contribution >= 0.6 is 0 Å².